The molecule has 2 heterocycles. The van der Waals surface area contributed by atoms with Crippen LogP contribution in [0.1, 0.15) is 37.3 Å². The van der Waals surface area contributed by atoms with Crippen molar-refractivity contribution in [1.82, 2.24) is 15.6 Å². The molecule has 0 spiro atoms. The molecule has 0 amide bonds. The Morgan fingerprint density at radius 2 is 2.10 bits per heavy atom. The number of guanidine groups is 1. The number of nitrogens with zero attached hydrogens (tertiary/aromatic N) is 2. The van der Waals surface area contributed by atoms with Gasteiger partial charge in [0.05, 0.1) is 19.3 Å². The molecular weight excluding hydrogens is 392 g/mol. The first-order valence-corrected chi connectivity index (χ1v) is 11.2. The summed E-state index contributed by atoms with van der Waals surface area (Å²) in [5, 5.41) is 6.65. The fourth-order valence-electron chi connectivity index (χ4n) is 3.28. The summed E-state index contributed by atoms with van der Waals surface area (Å²) in [5.41, 5.74) is 2.06. The van der Waals surface area contributed by atoms with E-state index in [1.54, 1.807) is 6.20 Å². The molecule has 0 saturated carbocycles. The van der Waals surface area contributed by atoms with Gasteiger partial charge in [0, 0.05) is 38.1 Å². The minimum Gasteiger partial charge on any atom is -0.473 e. The predicted molar refractivity (Wildman–Crippen MR) is 122 cm³/mol. The molecule has 1 atom stereocenters. The second kappa shape index (κ2) is 13.6. The largest absolute Gasteiger partial charge is 0.473 e. The number of benzene rings is 1. The highest BCUT2D eigenvalue weighted by Gasteiger charge is 2.14. The number of aliphatic imine (C=N–C) groups is 1. The van der Waals surface area contributed by atoms with Crippen LogP contribution in [0, 0.1) is 0 Å². The van der Waals surface area contributed by atoms with Gasteiger partial charge in [-0.25, -0.2) is 9.98 Å². The normalized spacial score (nSPS) is 16.3. The van der Waals surface area contributed by atoms with Crippen molar-refractivity contribution in [3.63, 3.8) is 0 Å². The second-order valence-corrected chi connectivity index (χ2v) is 7.43. The van der Waals surface area contributed by atoms with Gasteiger partial charge in [0.25, 0.3) is 0 Å². The first kappa shape index (κ1) is 23.0. The van der Waals surface area contributed by atoms with E-state index in [1.165, 1.54) is 0 Å². The van der Waals surface area contributed by atoms with E-state index >= 15 is 0 Å². The third-order valence-electron chi connectivity index (χ3n) is 4.91. The van der Waals surface area contributed by atoms with Crippen molar-refractivity contribution in [2.45, 2.75) is 45.4 Å². The van der Waals surface area contributed by atoms with Gasteiger partial charge in [-0.1, -0.05) is 36.4 Å². The van der Waals surface area contributed by atoms with Crippen molar-refractivity contribution in [2.75, 3.05) is 32.9 Å². The van der Waals surface area contributed by atoms with E-state index < -0.39 is 0 Å². The summed E-state index contributed by atoms with van der Waals surface area (Å²) in [7, 11) is 0. The van der Waals surface area contributed by atoms with Gasteiger partial charge in [0.1, 0.15) is 6.61 Å². The Morgan fingerprint density at radius 3 is 2.90 bits per heavy atom. The Kier molecular flexibility index (Phi) is 10.1. The van der Waals surface area contributed by atoms with E-state index in [4.69, 9.17) is 19.2 Å². The lowest BCUT2D eigenvalue weighted by Crippen LogP contribution is -2.38. The second-order valence-electron chi connectivity index (χ2n) is 7.43. The Bertz CT molecular complexity index is 779. The fourth-order valence-corrected chi connectivity index (χ4v) is 3.28. The summed E-state index contributed by atoms with van der Waals surface area (Å²) < 4.78 is 17.2. The number of pyridine rings is 1. The molecule has 1 aliphatic rings. The van der Waals surface area contributed by atoms with Crippen LogP contribution in [0.4, 0.5) is 0 Å². The number of nitrogens with one attached hydrogen (secondary N) is 2. The predicted octanol–water partition coefficient (Wildman–Crippen LogP) is 3.30. The van der Waals surface area contributed by atoms with E-state index in [2.05, 4.69) is 22.5 Å². The van der Waals surface area contributed by atoms with E-state index in [0.29, 0.717) is 32.2 Å². The average Bonchev–Trinajstić information content (AvgIpc) is 3.33. The van der Waals surface area contributed by atoms with Gasteiger partial charge in [-0.05, 0) is 37.8 Å². The molecule has 1 fully saturated rings. The lowest BCUT2D eigenvalue weighted by Gasteiger charge is -2.13. The van der Waals surface area contributed by atoms with Crippen molar-refractivity contribution < 1.29 is 14.2 Å². The molecule has 1 aromatic carbocycles. The van der Waals surface area contributed by atoms with Gasteiger partial charge >= 0.3 is 0 Å². The van der Waals surface area contributed by atoms with Crippen LogP contribution in [0.2, 0.25) is 0 Å². The highest BCUT2D eigenvalue weighted by Crippen LogP contribution is 2.17. The molecule has 2 N–H and O–H groups in total. The Balaban J connectivity index is 1.43. The number of hydrogen-bond donors (Lipinski definition) is 2. The third-order valence-corrected chi connectivity index (χ3v) is 4.91. The number of aromatic nitrogens is 1. The molecule has 168 valence electrons. The van der Waals surface area contributed by atoms with Gasteiger partial charge < -0.3 is 24.8 Å². The van der Waals surface area contributed by atoms with Crippen LogP contribution < -0.4 is 15.4 Å². The molecule has 1 saturated heterocycles. The zero-order valence-electron chi connectivity index (χ0n) is 18.4. The maximum atomic E-state index is 5.94. The highest BCUT2D eigenvalue weighted by molar-refractivity contribution is 5.79. The van der Waals surface area contributed by atoms with Gasteiger partial charge in [-0.15, -0.1) is 0 Å². The van der Waals surface area contributed by atoms with Crippen LogP contribution in [-0.2, 0) is 22.6 Å². The first-order chi connectivity index (χ1) is 15.3. The highest BCUT2D eigenvalue weighted by atomic mass is 16.5. The van der Waals surface area contributed by atoms with Gasteiger partial charge in [0.15, 0.2) is 5.96 Å². The van der Waals surface area contributed by atoms with Crippen molar-refractivity contribution in [2.24, 2.45) is 4.99 Å². The van der Waals surface area contributed by atoms with Crippen LogP contribution in [0.25, 0.3) is 0 Å². The van der Waals surface area contributed by atoms with E-state index in [1.807, 2.05) is 42.5 Å². The monoisotopic (exact) mass is 426 g/mol. The molecule has 1 unspecified atom stereocenters. The zero-order chi connectivity index (χ0) is 21.6. The molecule has 2 aromatic rings. The van der Waals surface area contributed by atoms with Crippen molar-refractivity contribution in [3.8, 4) is 5.88 Å². The molecule has 7 nitrogen and oxygen atoms in total. The summed E-state index contributed by atoms with van der Waals surface area (Å²) in [6.07, 6.45) is 5.20. The molecule has 0 aliphatic carbocycles. The molecule has 31 heavy (non-hydrogen) atoms. The molecule has 1 aliphatic heterocycles. The molecule has 0 bridgehead atoms. The van der Waals surface area contributed by atoms with Crippen LogP contribution in [0.15, 0.2) is 53.7 Å². The lowest BCUT2D eigenvalue weighted by atomic mass is 10.2. The fraction of sp³-hybridized carbons (Fsp3) is 0.500. The molecule has 7 heteroatoms. The van der Waals surface area contributed by atoms with Crippen molar-refractivity contribution in [1.29, 1.82) is 0 Å². The Labute approximate surface area is 185 Å². The Morgan fingerprint density at radius 1 is 1.19 bits per heavy atom. The summed E-state index contributed by atoms with van der Waals surface area (Å²) in [5.74, 6) is 1.40. The smallest absolute Gasteiger partial charge is 0.218 e. The van der Waals surface area contributed by atoms with Crippen LogP contribution in [-0.4, -0.2) is 50.0 Å². The maximum absolute atomic E-state index is 5.94. The van der Waals surface area contributed by atoms with Crippen molar-refractivity contribution >= 4 is 5.96 Å². The third kappa shape index (κ3) is 8.55. The lowest BCUT2D eigenvalue weighted by molar-refractivity contribution is 0.0168. The summed E-state index contributed by atoms with van der Waals surface area (Å²) in [4.78, 5) is 9.08. The van der Waals surface area contributed by atoms with Crippen LogP contribution in [0.3, 0.4) is 0 Å². The number of rotatable bonds is 12. The quantitative estimate of drug-likeness (QED) is 0.308. The summed E-state index contributed by atoms with van der Waals surface area (Å²) in [6, 6.07) is 14.0. The average molecular weight is 427 g/mol. The topological polar surface area (TPSA) is 77.0 Å². The minimum absolute atomic E-state index is 0.282. The first-order valence-electron chi connectivity index (χ1n) is 11.2. The summed E-state index contributed by atoms with van der Waals surface area (Å²) in [6.45, 7) is 6.90. The molecular formula is C24H34N4O3. The van der Waals surface area contributed by atoms with E-state index in [-0.39, 0.29) is 6.10 Å². The van der Waals surface area contributed by atoms with Crippen molar-refractivity contribution in [3.05, 3.63) is 59.8 Å². The van der Waals surface area contributed by atoms with Gasteiger partial charge in [-0.2, -0.15) is 0 Å². The Hall–Kier alpha value is -2.64. The number of hydrogen-bond acceptors (Lipinski definition) is 5. The molecule has 3 rings (SSSR count). The zero-order valence-corrected chi connectivity index (χ0v) is 18.4. The molecule has 0 radical (unpaired) electrons. The molecule has 1 aromatic heterocycles. The SMILES string of the molecule is CCNC(=NCc1cccnc1OCc1ccccc1)NCCCOCC1CCCO1. The maximum Gasteiger partial charge on any atom is 0.218 e. The number of ether oxygens (including phenoxy) is 3. The van der Waals surface area contributed by atoms with Gasteiger partial charge in [-0.3, -0.25) is 0 Å². The standard InChI is InChI=1S/C24H34N4O3/c1-2-25-24(27-14-8-15-29-19-22-12-7-16-30-22)28-17-21-11-6-13-26-23(21)31-18-20-9-4-3-5-10-20/h3-6,9-11,13,22H,2,7-8,12,14-19H2,1H3,(H2,25,27,28). The van der Waals surface area contributed by atoms with Crippen LogP contribution >= 0.6 is 0 Å². The van der Waals surface area contributed by atoms with Crippen LogP contribution in [0.5, 0.6) is 5.88 Å². The summed E-state index contributed by atoms with van der Waals surface area (Å²) >= 11 is 0. The van der Waals surface area contributed by atoms with E-state index in [0.717, 1.165) is 56.0 Å². The minimum atomic E-state index is 0.282. The van der Waals surface area contributed by atoms with Gasteiger partial charge in [0.2, 0.25) is 5.88 Å². The van der Waals surface area contributed by atoms with E-state index in [9.17, 15) is 0 Å².